The number of benzene rings is 1. The maximum Gasteiger partial charge on any atom is 0.218 e. The fraction of sp³-hybridized carbons (Fsp3) is 0.235. The summed E-state index contributed by atoms with van der Waals surface area (Å²) >= 11 is 6.99. The number of anilines is 1. The second-order valence-corrected chi connectivity index (χ2v) is 9.46. The van der Waals surface area contributed by atoms with E-state index in [4.69, 9.17) is 11.6 Å². The van der Waals surface area contributed by atoms with E-state index >= 15 is 0 Å². The van der Waals surface area contributed by atoms with Gasteiger partial charge < -0.3 is 4.90 Å². The molecule has 8 heteroatoms. The van der Waals surface area contributed by atoms with Gasteiger partial charge in [-0.05, 0) is 42.8 Å². The molecule has 1 aromatic carbocycles. The van der Waals surface area contributed by atoms with Gasteiger partial charge in [-0.1, -0.05) is 11.6 Å². The Bertz CT molecular complexity index is 1030. The van der Waals surface area contributed by atoms with Crippen LogP contribution < -0.4 is 4.90 Å². The van der Waals surface area contributed by atoms with E-state index in [0.29, 0.717) is 28.5 Å². The first-order valence-corrected chi connectivity index (χ1v) is 10.4. The van der Waals surface area contributed by atoms with E-state index in [0.717, 1.165) is 16.7 Å². The van der Waals surface area contributed by atoms with Crippen LogP contribution in [0.4, 0.5) is 10.1 Å². The molecule has 4 rings (SSSR count). The maximum atomic E-state index is 13.7. The molecule has 130 valence electrons. The third-order valence-corrected chi connectivity index (χ3v) is 7.86. The summed E-state index contributed by atoms with van der Waals surface area (Å²) in [6.07, 6.45) is 1.08. The van der Waals surface area contributed by atoms with Crippen LogP contribution in [0.25, 0.3) is 10.2 Å². The van der Waals surface area contributed by atoms with Gasteiger partial charge >= 0.3 is 0 Å². The number of hydrogen-bond acceptors (Lipinski definition) is 5. The fourth-order valence-electron chi connectivity index (χ4n) is 3.02. The number of fused-ring (bicyclic) bond motifs is 1. The number of halogens is 2. The standard InChI is InChI=1S/C17H14ClFN2O2S2/c18-11-3-5-13(6-4-11)25(22,23)17-15(21-9-7-12(19)10-21)14-2-1-8-20-16(14)24-17/h1-6,8,12H,7,9-10H2/t12-/m1/s1. The zero-order valence-electron chi connectivity index (χ0n) is 13.0. The minimum Gasteiger partial charge on any atom is -0.366 e. The Morgan fingerprint density at radius 1 is 1.24 bits per heavy atom. The first kappa shape index (κ1) is 16.8. The summed E-state index contributed by atoms with van der Waals surface area (Å²) in [6.45, 7) is 0.689. The molecule has 0 N–H and O–H groups in total. The number of thiophene rings is 1. The van der Waals surface area contributed by atoms with Gasteiger partial charge in [-0.2, -0.15) is 0 Å². The summed E-state index contributed by atoms with van der Waals surface area (Å²) in [5.41, 5.74) is 0.559. The molecule has 1 fully saturated rings. The van der Waals surface area contributed by atoms with Gasteiger partial charge in [-0.25, -0.2) is 17.8 Å². The van der Waals surface area contributed by atoms with Crippen LogP contribution in [0.3, 0.4) is 0 Å². The smallest absolute Gasteiger partial charge is 0.218 e. The second kappa shape index (κ2) is 6.23. The second-order valence-electron chi connectivity index (χ2n) is 5.88. The number of hydrogen-bond donors (Lipinski definition) is 0. The molecule has 25 heavy (non-hydrogen) atoms. The first-order valence-electron chi connectivity index (χ1n) is 7.74. The van der Waals surface area contributed by atoms with Crippen molar-refractivity contribution >= 4 is 48.7 Å². The van der Waals surface area contributed by atoms with E-state index in [1.807, 2.05) is 11.0 Å². The highest BCUT2D eigenvalue weighted by atomic mass is 35.5. The highest BCUT2D eigenvalue weighted by Crippen LogP contribution is 2.44. The van der Waals surface area contributed by atoms with Crippen LogP contribution in [0.1, 0.15) is 6.42 Å². The Balaban J connectivity index is 1.93. The molecule has 3 aromatic rings. The lowest BCUT2D eigenvalue weighted by atomic mass is 10.3. The molecule has 0 radical (unpaired) electrons. The van der Waals surface area contributed by atoms with Gasteiger partial charge in [0, 0.05) is 29.7 Å². The number of alkyl halides is 1. The molecular formula is C17H14ClFN2O2S2. The van der Waals surface area contributed by atoms with Gasteiger partial charge in [-0.15, -0.1) is 11.3 Å². The van der Waals surface area contributed by atoms with Crippen LogP contribution in [0.5, 0.6) is 0 Å². The highest BCUT2D eigenvalue weighted by molar-refractivity contribution is 7.93. The molecule has 1 saturated heterocycles. The SMILES string of the molecule is O=S(=O)(c1ccc(Cl)cc1)c1sc2ncccc2c1N1CC[C@@H](F)C1. The average molecular weight is 397 g/mol. The molecule has 1 aliphatic rings. The van der Waals surface area contributed by atoms with E-state index in [1.165, 1.54) is 12.1 Å². The van der Waals surface area contributed by atoms with Crippen LogP contribution in [0.2, 0.25) is 5.02 Å². The number of nitrogens with zero attached hydrogens (tertiary/aromatic N) is 2. The van der Waals surface area contributed by atoms with Crippen molar-refractivity contribution in [2.24, 2.45) is 0 Å². The van der Waals surface area contributed by atoms with Crippen molar-refractivity contribution in [2.75, 3.05) is 18.0 Å². The topological polar surface area (TPSA) is 50.3 Å². The van der Waals surface area contributed by atoms with Crippen LogP contribution in [0, 0.1) is 0 Å². The predicted octanol–water partition coefficient (Wildman–Crippen LogP) is 4.33. The van der Waals surface area contributed by atoms with Gasteiger partial charge in [0.2, 0.25) is 9.84 Å². The van der Waals surface area contributed by atoms with Crippen molar-refractivity contribution in [2.45, 2.75) is 21.7 Å². The molecule has 0 spiro atoms. The molecule has 4 nitrogen and oxygen atoms in total. The number of pyridine rings is 1. The van der Waals surface area contributed by atoms with E-state index in [9.17, 15) is 12.8 Å². The summed E-state index contributed by atoms with van der Waals surface area (Å²) in [4.78, 5) is 6.90. The summed E-state index contributed by atoms with van der Waals surface area (Å²) < 4.78 is 40.3. The van der Waals surface area contributed by atoms with Crippen molar-refractivity contribution in [1.82, 2.24) is 4.98 Å². The minimum atomic E-state index is -3.75. The van der Waals surface area contributed by atoms with Gasteiger partial charge in [0.15, 0.2) is 4.21 Å². The Hall–Kier alpha value is -1.70. The Morgan fingerprint density at radius 2 is 2.00 bits per heavy atom. The first-order chi connectivity index (χ1) is 12.0. The molecule has 0 bridgehead atoms. The summed E-state index contributed by atoms with van der Waals surface area (Å²) in [5.74, 6) is 0. The largest absolute Gasteiger partial charge is 0.366 e. The lowest BCUT2D eigenvalue weighted by Crippen LogP contribution is -2.21. The lowest BCUT2D eigenvalue weighted by molar-refractivity contribution is 0.364. The summed E-state index contributed by atoms with van der Waals surface area (Å²) in [5, 5.41) is 1.21. The van der Waals surface area contributed by atoms with E-state index in [2.05, 4.69) is 4.98 Å². The third-order valence-electron chi connectivity index (χ3n) is 4.22. The van der Waals surface area contributed by atoms with Gasteiger partial charge in [-0.3, -0.25) is 0 Å². The molecule has 0 amide bonds. The van der Waals surface area contributed by atoms with E-state index in [1.54, 1.807) is 24.4 Å². The van der Waals surface area contributed by atoms with E-state index in [-0.39, 0.29) is 15.6 Å². The number of aromatic nitrogens is 1. The molecule has 0 aliphatic carbocycles. The Morgan fingerprint density at radius 3 is 2.68 bits per heavy atom. The quantitative estimate of drug-likeness (QED) is 0.661. The van der Waals surface area contributed by atoms with Crippen molar-refractivity contribution in [1.29, 1.82) is 0 Å². The van der Waals surface area contributed by atoms with Crippen molar-refractivity contribution in [3.8, 4) is 0 Å². The Kier molecular flexibility index (Phi) is 4.17. The minimum absolute atomic E-state index is 0.167. The Labute approximate surface area is 153 Å². The molecule has 0 unspecified atom stereocenters. The lowest BCUT2D eigenvalue weighted by Gasteiger charge is -2.19. The number of sulfone groups is 1. The molecule has 1 aliphatic heterocycles. The van der Waals surface area contributed by atoms with Crippen molar-refractivity contribution in [3.05, 3.63) is 47.6 Å². The van der Waals surface area contributed by atoms with Crippen molar-refractivity contribution in [3.63, 3.8) is 0 Å². The number of rotatable bonds is 3. The average Bonchev–Trinajstić information content (AvgIpc) is 3.18. The normalized spacial score (nSPS) is 18.2. The maximum absolute atomic E-state index is 13.7. The summed E-state index contributed by atoms with van der Waals surface area (Å²) in [6, 6.07) is 9.67. The predicted molar refractivity (Wildman–Crippen MR) is 98.2 cm³/mol. The molecule has 0 saturated carbocycles. The van der Waals surface area contributed by atoms with Crippen LogP contribution >= 0.6 is 22.9 Å². The molecule has 1 atom stereocenters. The fourth-order valence-corrected chi connectivity index (χ4v) is 6.21. The molecular weight excluding hydrogens is 383 g/mol. The summed E-state index contributed by atoms with van der Waals surface area (Å²) in [7, 11) is -3.75. The van der Waals surface area contributed by atoms with Crippen LogP contribution in [-0.2, 0) is 9.84 Å². The van der Waals surface area contributed by atoms with E-state index < -0.39 is 16.0 Å². The van der Waals surface area contributed by atoms with Gasteiger partial charge in [0.1, 0.15) is 11.0 Å². The van der Waals surface area contributed by atoms with Crippen LogP contribution in [0.15, 0.2) is 51.7 Å². The zero-order chi connectivity index (χ0) is 17.6. The zero-order valence-corrected chi connectivity index (χ0v) is 15.4. The highest BCUT2D eigenvalue weighted by Gasteiger charge is 2.32. The molecule has 2 aromatic heterocycles. The van der Waals surface area contributed by atoms with Gasteiger partial charge in [0.05, 0.1) is 10.6 Å². The van der Waals surface area contributed by atoms with Gasteiger partial charge in [0.25, 0.3) is 0 Å². The molecule has 3 heterocycles. The van der Waals surface area contributed by atoms with Crippen molar-refractivity contribution < 1.29 is 12.8 Å². The third kappa shape index (κ3) is 2.90. The monoisotopic (exact) mass is 396 g/mol. The van der Waals surface area contributed by atoms with Crippen LogP contribution in [-0.4, -0.2) is 32.7 Å².